The molecule has 1 heterocycles. The second-order valence-corrected chi connectivity index (χ2v) is 4.62. The maximum atomic E-state index is 10.6. The molecular weight excluding hydrogens is 232 g/mol. The van der Waals surface area contributed by atoms with Crippen LogP contribution in [-0.4, -0.2) is 34.6 Å². The lowest BCUT2D eigenvalue weighted by Crippen LogP contribution is -2.26. The first kappa shape index (κ1) is 13.0. The molecule has 1 unspecified atom stereocenters. The van der Waals surface area contributed by atoms with E-state index in [1.807, 2.05) is 0 Å². The molecule has 0 bridgehead atoms. The van der Waals surface area contributed by atoms with Gasteiger partial charge in [0.2, 0.25) is 0 Å². The van der Waals surface area contributed by atoms with Crippen molar-refractivity contribution in [3.8, 4) is 0 Å². The second-order valence-electron chi connectivity index (χ2n) is 4.62. The van der Waals surface area contributed by atoms with Crippen molar-refractivity contribution in [3.05, 3.63) is 39.9 Å². The Balaban J connectivity index is 2.16. The number of likely N-dealkylation sites (tertiary alicyclic amines) is 1. The lowest BCUT2D eigenvalue weighted by molar-refractivity contribution is -0.384. The molecule has 2 rings (SSSR count). The van der Waals surface area contributed by atoms with Crippen molar-refractivity contribution in [2.45, 2.75) is 25.3 Å². The van der Waals surface area contributed by atoms with Gasteiger partial charge in [-0.05, 0) is 37.9 Å². The van der Waals surface area contributed by atoms with Crippen LogP contribution < -0.4 is 0 Å². The smallest absolute Gasteiger partial charge is 0.269 e. The van der Waals surface area contributed by atoms with Crippen molar-refractivity contribution in [1.82, 2.24) is 4.90 Å². The topological polar surface area (TPSA) is 66.6 Å². The molecule has 1 N–H and O–H groups in total. The van der Waals surface area contributed by atoms with E-state index >= 15 is 0 Å². The third kappa shape index (κ3) is 2.86. The summed E-state index contributed by atoms with van der Waals surface area (Å²) in [6, 6.07) is 6.86. The molecule has 1 aliphatic rings. The summed E-state index contributed by atoms with van der Waals surface area (Å²) in [5, 5.41) is 19.8. The van der Waals surface area contributed by atoms with Gasteiger partial charge in [0.05, 0.1) is 4.92 Å². The van der Waals surface area contributed by atoms with E-state index in [-0.39, 0.29) is 23.3 Å². The zero-order valence-corrected chi connectivity index (χ0v) is 10.3. The summed E-state index contributed by atoms with van der Waals surface area (Å²) >= 11 is 0. The van der Waals surface area contributed by atoms with Gasteiger partial charge < -0.3 is 5.11 Å². The van der Waals surface area contributed by atoms with Gasteiger partial charge in [-0.2, -0.15) is 0 Å². The molecule has 1 atom stereocenters. The van der Waals surface area contributed by atoms with Crippen molar-refractivity contribution in [1.29, 1.82) is 0 Å². The summed E-state index contributed by atoms with van der Waals surface area (Å²) in [7, 11) is 0. The van der Waals surface area contributed by atoms with E-state index in [2.05, 4.69) is 4.90 Å². The second kappa shape index (κ2) is 5.93. The van der Waals surface area contributed by atoms with Crippen molar-refractivity contribution in [2.24, 2.45) is 0 Å². The van der Waals surface area contributed by atoms with E-state index < -0.39 is 0 Å². The van der Waals surface area contributed by atoms with Crippen molar-refractivity contribution in [2.75, 3.05) is 19.7 Å². The number of non-ortho nitro benzene ring substituents is 1. The van der Waals surface area contributed by atoms with Crippen molar-refractivity contribution in [3.63, 3.8) is 0 Å². The SMILES string of the molecule is O=[N+]([O-])c1ccc(C(CCO)N2CCCC2)cc1. The van der Waals surface area contributed by atoms with E-state index in [4.69, 9.17) is 5.11 Å². The van der Waals surface area contributed by atoms with Crippen LogP contribution in [0.2, 0.25) is 0 Å². The number of hydrogen-bond acceptors (Lipinski definition) is 4. The minimum atomic E-state index is -0.388. The highest BCUT2D eigenvalue weighted by atomic mass is 16.6. The number of nitrogens with zero attached hydrogens (tertiary/aromatic N) is 2. The van der Waals surface area contributed by atoms with Gasteiger partial charge >= 0.3 is 0 Å². The average Bonchev–Trinajstić information content (AvgIpc) is 2.90. The lowest BCUT2D eigenvalue weighted by Gasteiger charge is -2.27. The average molecular weight is 250 g/mol. The maximum Gasteiger partial charge on any atom is 0.269 e. The maximum absolute atomic E-state index is 10.6. The summed E-state index contributed by atoms with van der Waals surface area (Å²) in [6.07, 6.45) is 3.06. The van der Waals surface area contributed by atoms with Gasteiger partial charge in [-0.15, -0.1) is 0 Å². The van der Waals surface area contributed by atoms with E-state index in [1.54, 1.807) is 12.1 Å². The first-order chi connectivity index (χ1) is 8.72. The monoisotopic (exact) mass is 250 g/mol. The van der Waals surface area contributed by atoms with Crippen LogP contribution in [0.1, 0.15) is 30.9 Å². The Morgan fingerprint density at radius 2 is 1.89 bits per heavy atom. The quantitative estimate of drug-likeness (QED) is 0.642. The highest BCUT2D eigenvalue weighted by Gasteiger charge is 2.23. The Morgan fingerprint density at radius 3 is 2.39 bits per heavy atom. The van der Waals surface area contributed by atoms with E-state index in [0.717, 1.165) is 18.7 Å². The fourth-order valence-corrected chi connectivity index (χ4v) is 2.55. The molecule has 1 fully saturated rings. The van der Waals surface area contributed by atoms with Crippen LogP contribution in [-0.2, 0) is 0 Å². The fourth-order valence-electron chi connectivity index (χ4n) is 2.55. The van der Waals surface area contributed by atoms with Crippen LogP contribution in [0.25, 0.3) is 0 Å². The number of benzene rings is 1. The Bertz CT molecular complexity index is 399. The highest BCUT2D eigenvalue weighted by Crippen LogP contribution is 2.28. The Labute approximate surface area is 106 Å². The summed E-state index contributed by atoms with van der Waals surface area (Å²) in [5.41, 5.74) is 1.17. The van der Waals surface area contributed by atoms with Crippen LogP contribution in [0.15, 0.2) is 24.3 Å². The molecule has 0 radical (unpaired) electrons. The Kier molecular flexibility index (Phi) is 4.28. The molecule has 5 nitrogen and oxygen atoms in total. The normalized spacial score (nSPS) is 17.8. The van der Waals surface area contributed by atoms with Gasteiger partial charge in [-0.25, -0.2) is 0 Å². The Morgan fingerprint density at radius 1 is 1.28 bits per heavy atom. The number of aliphatic hydroxyl groups is 1. The number of rotatable bonds is 5. The molecule has 1 aliphatic heterocycles. The molecule has 0 aliphatic carbocycles. The lowest BCUT2D eigenvalue weighted by atomic mass is 10.0. The predicted octanol–water partition coefficient (Wildman–Crippen LogP) is 2.11. The third-order valence-corrected chi connectivity index (χ3v) is 3.47. The molecule has 1 aromatic carbocycles. The summed E-state index contributed by atoms with van der Waals surface area (Å²) in [5.74, 6) is 0. The van der Waals surface area contributed by atoms with E-state index in [1.165, 1.54) is 25.0 Å². The first-order valence-electron chi connectivity index (χ1n) is 6.31. The van der Waals surface area contributed by atoms with Crippen LogP contribution in [0.5, 0.6) is 0 Å². The number of hydrogen-bond donors (Lipinski definition) is 1. The van der Waals surface area contributed by atoms with Crippen molar-refractivity contribution < 1.29 is 10.0 Å². The van der Waals surface area contributed by atoms with Crippen LogP contribution in [0.4, 0.5) is 5.69 Å². The van der Waals surface area contributed by atoms with Gasteiger partial charge in [0.25, 0.3) is 5.69 Å². The zero-order chi connectivity index (χ0) is 13.0. The molecule has 98 valence electrons. The molecule has 18 heavy (non-hydrogen) atoms. The molecule has 5 heteroatoms. The highest BCUT2D eigenvalue weighted by molar-refractivity contribution is 5.34. The van der Waals surface area contributed by atoms with Crippen LogP contribution >= 0.6 is 0 Å². The van der Waals surface area contributed by atoms with Gasteiger partial charge in [-0.3, -0.25) is 15.0 Å². The molecule has 0 spiro atoms. The van der Waals surface area contributed by atoms with Gasteiger partial charge in [0.1, 0.15) is 0 Å². The molecule has 0 saturated carbocycles. The number of aliphatic hydroxyl groups excluding tert-OH is 1. The standard InChI is InChI=1S/C13H18N2O3/c16-10-7-13(14-8-1-2-9-14)11-3-5-12(6-4-11)15(17)18/h3-6,13,16H,1-2,7-10H2. The largest absolute Gasteiger partial charge is 0.396 e. The van der Waals surface area contributed by atoms with Gasteiger partial charge in [0, 0.05) is 24.8 Å². The van der Waals surface area contributed by atoms with E-state index in [9.17, 15) is 10.1 Å². The molecule has 0 amide bonds. The van der Waals surface area contributed by atoms with Crippen LogP contribution in [0.3, 0.4) is 0 Å². The molecule has 1 saturated heterocycles. The molecule has 1 aromatic rings. The first-order valence-corrected chi connectivity index (χ1v) is 6.31. The fraction of sp³-hybridized carbons (Fsp3) is 0.538. The minimum Gasteiger partial charge on any atom is -0.396 e. The van der Waals surface area contributed by atoms with Gasteiger partial charge in [-0.1, -0.05) is 12.1 Å². The predicted molar refractivity (Wildman–Crippen MR) is 68.3 cm³/mol. The minimum absolute atomic E-state index is 0.114. The van der Waals surface area contributed by atoms with Crippen LogP contribution in [0, 0.1) is 10.1 Å². The third-order valence-electron chi connectivity index (χ3n) is 3.47. The van der Waals surface area contributed by atoms with Gasteiger partial charge in [0.15, 0.2) is 0 Å². The summed E-state index contributed by atoms with van der Waals surface area (Å²) in [4.78, 5) is 12.6. The zero-order valence-electron chi connectivity index (χ0n) is 10.3. The summed E-state index contributed by atoms with van der Waals surface area (Å²) in [6.45, 7) is 2.22. The number of nitro benzene ring substituents is 1. The van der Waals surface area contributed by atoms with Crippen molar-refractivity contribution >= 4 is 5.69 Å². The molecule has 0 aromatic heterocycles. The Hall–Kier alpha value is -1.46. The number of nitro groups is 1. The summed E-state index contributed by atoms with van der Waals surface area (Å²) < 4.78 is 0. The molecular formula is C13H18N2O3. The van der Waals surface area contributed by atoms with E-state index in [0.29, 0.717) is 6.42 Å².